The third kappa shape index (κ3) is 1.26. The van der Waals surface area contributed by atoms with E-state index in [1.807, 2.05) is 12.1 Å². The molecule has 1 aromatic carbocycles. The van der Waals surface area contributed by atoms with Crippen LogP contribution < -0.4 is 10.2 Å². The first-order chi connectivity index (χ1) is 7.27. The molecule has 80 valence electrons. The maximum absolute atomic E-state index is 13.8. The van der Waals surface area contributed by atoms with Crippen molar-refractivity contribution in [1.82, 2.24) is 5.32 Å². The second-order valence-corrected chi connectivity index (χ2v) is 4.52. The highest BCUT2D eigenvalue weighted by molar-refractivity contribution is 5.61. The molecule has 0 unspecified atom stereocenters. The predicted molar refractivity (Wildman–Crippen MR) is 58.7 cm³/mol. The maximum Gasteiger partial charge on any atom is 0.146 e. The van der Waals surface area contributed by atoms with E-state index in [1.54, 1.807) is 6.07 Å². The summed E-state index contributed by atoms with van der Waals surface area (Å²) in [6, 6.07) is 6.26. The molecule has 3 rings (SSSR count). The maximum atomic E-state index is 13.8. The van der Waals surface area contributed by atoms with Crippen molar-refractivity contribution in [2.45, 2.75) is 25.4 Å². The molecule has 2 heterocycles. The Kier molecular flexibility index (Phi) is 1.96. The van der Waals surface area contributed by atoms with Crippen LogP contribution in [0.5, 0.6) is 0 Å². The Morgan fingerprint density at radius 2 is 2.27 bits per heavy atom. The van der Waals surface area contributed by atoms with Gasteiger partial charge in [-0.25, -0.2) is 4.39 Å². The fourth-order valence-corrected chi connectivity index (χ4v) is 2.86. The van der Waals surface area contributed by atoms with Crippen molar-refractivity contribution in [2.75, 3.05) is 18.0 Å². The average molecular weight is 206 g/mol. The minimum Gasteiger partial charge on any atom is -0.360 e. The van der Waals surface area contributed by atoms with Gasteiger partial charge in [0.1, 0.15) is 5.82 Å². The molecule has 0 saturated carbocycles. The highest BCUT2D eigenvalue weighted by atomic mass is 19.1. The van der Waals surface area contributed by atoms with Gasteiger partial charge in [0.05, 0.1) is 5.69 Å². The number of benzene rings is 1. The molecule has 0 bridgehead atoms. The van der Waals surface area contributed by atoms with Crippen LogP contribution in [0.4, 0.5) is 10.1 Å². The number of halogens is 1. The van der Waals surface area contributed by atoms with Gasteiger partial charge in [-0.2, -0.15) is 0 Å². The van der Waals surface area contributed by atoms with Gasteiger partial charge < -0.3 is 10.2 Å². The largest absolute Gasteiger partial charge is 0.360 e. The number of hydrogen-bond donors (Lipinski definition) is 1. The molecule has 1 N–H and O–H groups in total. The number of nitrogens with zero attached hydrogens (tertiary/aromatic N) is 1. The quantitative estimate of drug-likeness (QED) is 0.693. The zero-order valence-electron chi connectivity index (χ0n) is 8.83. The van der Waals surface area contributed by atoms with Gasteiger partial charge in [-0.3, -0.25) is 0 Å². The molecule has 2 atom stereocenters. The van der Waals surface area contributed by atoms with Crippen LogP contribution in [-0.2, 0) is 6.42 Å². The van der Waals surface area contributed by atoms with Crippen LogP contribution in [0.3, 0.4) is 0 Å². The van der Waals surface area contributed by atoms with Crippen molar-refractivity contribution in [1.29, 1.82) is 0 Å². The smallest absolute Gasteiger partial charge is 0.146 e. The Labute approximate surface area is 89.1 Å². The molecule has 1 saturated heterocycles. The molecule has 15 heavy (non-hydrogen) atoms. The summed E-state index contributed by atoms with van der Waals surface area (Å²) in [6.45, 7) is 4.07. The Balaban J connectivity index is 2.08. The number of rotatable bonds is 0. The fourth-order valence-electron chi connectivity index (χ4n) is 2.86. The number of nitrogens with one attached hydrogen (secondary N) is 1. The van der Waals surface area contributed by atoms with Gasteiger partial charge in [-0.1, -0.05) is 12.1 Å². The Hall–Kier alpha value is -1.09. The van der Waals surface area contributed by atoms with Crippen LogP contribution in [0.25, 0.3) is 0 Å². The van der Waals surface area contributed by atoms with Gasteiger partial charge in [-0.05, 0) is 25.0 Å². The van der Waals surface area contributed by atoms with Gasteiger partial charge in [0.15, 0.2) is 0 Å². The second kappa shape index (κ2) is 3.20. The van der Waals surface area contributed by atoms with E-state index in [0.29, 0.717) is 12.1 Å². The normalized spacial score (nSPS) is 28.8. The summed E-state index contributed by atoms with van der Waals surface area (Å²) in [6.07, 6.45) is 0.977. The van der Waals surface area contributed by atoms with Gasteiger partial charge in [0, 0.05) is 25.2 Å². The topological polar surface area (TPSA) is 15.3 Å². The first-order valence-electron chi connectivity index (χ1n) is 5.54. The number of anilines is 1. The minimum atomic E-state index is -0.0660. The van der Waals surface area contributed by atoms with Crippen molar-refractivity contribution in [2.24, 2.45) is 0 Å². The Morgan fingerprint density at radius 3 is 3.13 bits per heavy atom. The first kappa shape index (κ1) is 9.16. The summed E-state index contributed by atoms with van der Waals surface area (Å²) < 4.78 is 13.8. The van der Waals surface area contributed by atoms with Crippen molar-refractivity contribution in [3.63, 3.8) is 0 Å². The Morgan fingerprint density at radius 1 is 1.40 bits per heavy atom. The number of hydrogen-bond acceptors (Lipinski definition) is 2. The van der Waals surface area contributed by atoms with Crippen molar-refractivity contribution in [3.05, 3.63) is 29.6 Å². The summed E-state index contributed by atoms with van der Waals surface area (Å²) in [7, 11) is 0. The lowest BCUT2D eigenvalue weighted by atomic mass is 10.1. The van der Waals surface area contributed by atoms with Crippen molar-refractivity contribution >= 4 is 5.69 Å². The van der Waals surface area contributed by atoms with Crippen LogP contribution in [0.2, 0.25) is 0 Å². The zero-order valence-corrected chi connectivity index (χ0v) is 8.83. The number of para-hydroxylation sites is 1. The molecule has 0 spiro atoms. The van der Waals surface area contributed by atoms with E-state index in [0.717, 1.165) is 30.8 Å². The standard InChI is InChI=1S/C12H15FN2/c1-8-6-14-7-10-5-9-3-2-4-11(13)12(9)15(8)10/h2-4,8,10,14H,5-7H2,1H3/t8-,10-/m1/s1. The van der Waals surface area contributed by atoms with E-state index in [-0.39, 0.29) is 5.82 Å². The zero-order chi connectivity index (χ0) is 10.4. The van der Waals surface area contributed by atoms with Crippen LogP contribution in [0, 0.1) is 5.82 Å². The fraction of sp³-hybridized carbons (Fsp3) is 0.500. The van der Waals surface area contributed by atoms with Gasteiger partial charge in [-0.15, -0.1) is 0 Å². The molecular formula is C12H15FN2. The van der Waals surface area contributed by atoms with Gasteiger partial charge in [0.2, 0.25) is 0 Å². The molecule has 3 heteroatoms. The van der Waals surface area contributed by atoms with E-state index in [1.165, 1.54) is 0 Å². The lowest BCUT2D eigenvalue weighted by molar-refractivity contribution is 0.426. The molecule has 1 aromatic rings. The van der Waals surface area contributed by atoms with E-state index in [4.69, 9.17) is 0 Å². The van der Waals surface area contributed by atoms with Crippen LogP contribution in [0.15, 0.2) is 18.2 Å². The molecule has 2 aliphatic heterocycles. The second-order valence-electron chi connectivity index (χ2n) is 4.52. The van der Waals surface area contributed by atoms with Crippen LogP contribution in [0.1, 0.15) is 12.5 Å². The Bertz CT molecular complexity index is 391. The lowest BCUT2D eigenvalue weighted by Gasteiger charge is -2.38. The monoisotopic (exact) mass is 206 g/mol. The number of fused-ring (bicyclic) bond motifs is 3. The van der Waals surface area contributed by atoms with E-state index >= 15 is 0 Å². The molecule has 0 aliphatic carbocycles. The summed E-state index contributed by atoms with van der Waals surface area (Å²) in [5.74, 6) is -0.0660. The van der Waals surface area contributed by atoms with E-state index in [9.17, 15) is 4.39 Å². The molecule has 0 aromatic heterocycles. The highest BCUT2D eigenvalue weighted by Gasteiger charge is 2.36. The van der Waals surface area contributed by atoms with E-state index in [2.05, 4.69) is 17.1 Å². The summed E-state index contributed by atoms with van der Waals surface area (Å²) in [5.41, 5.74) is 2.01. The predicted octanol–water partition coefficient (Wildman–Crippen LogP) is 1.55. The third-order valence-electron chi connectivity index (χ3n) is 3.47. The SMILES string of the molecule is C[C@@H]1CNC[C@H]2Cc3cccc(F)c3N21. The minimum absolute atomic E-state index is 0.0660. The van der Waals surface area contributed by atoms with Crippen molar-refractivity contribution in [3.8, 4) is 0 Å². The lowest BCUT2D eigenvalue weighted by Crippen LogP contribution is -2.55. The van der Waals surface area contributed by atoms with Gasteiger partial charge >= 0.3 is 0 Å². The highest BCUT2D eigenvalue weighted by Crippen LogP contribution is 2.36. The van der Waals surface area contributed by atoms with Gasteiger partial charge in [0.25, 0.3) is 0 Å². The summed E-state index contributed by atoms with van der Waals surface area (Å²) >= 11 is 0. The van der Waals surface area contributed by atoms with Crippen LogP contribution in [-0.4, -0.2) is 25.2 Å². The van der Waals surface area contributed by atoms with E-state index < -0.39 is 0 Å². The molecule has 0 radical (unpaired) electrons. The van der Waals surface area contributed by atoms with Crippen LogP contribution >= 0.6 is 0 Å². The molecule has 0 amide bonds. The first-order valence-corrected chi connectivity index (χ1v) is 5.54. The molecular weight excluding hydrogens is 191 g/mol. The average Bonchev–Trinajstić information content (AvgIpc) is 2.58. The summed E-state index contributed by atoms with van der Waals surface area (Å²) in [5, 5.41) is 3.40. The molecule has 2 aliphatic rings. The van der Waals surface area contributed by atoms with Crippen molar-refractivity contribution < 1.29 is 4.39 Å². The number of piperazine rings is 1. The molecule has 1 fully saturated rings. The summed E-state index contributed by atoms with van der Waals surface area (Å²) in [4.78, 5) is 2.25. The molecule has 2 nitrogen and oxygen atoms in total. The third-order valence-corrected chi connectivity index (χ3v) is 3.47.